The number of rotatable bonds is 1. The molecule has 0 saturated carbocycles. The molecule has 0 spiro atoms. The van der Waals surface area contributed by atoms with Crippen LogP contribution in [0.5, 0.6) is 0 Å². The van der Waals surface area contributed by atoms with Gasteiger partial charge in [-0.3, -0.25) is 4.98 Å². The Bertz CT molecular complexity index is 519. The van der Waals surface area contributed by atoms with Crippen LogP contribution in [0.15, 0.2) is 22.8 Å². The van der Waals surface area contributed by atoms with Gasteiger partial charge in [0.15, 0.2) is 5.82 Å². The summed E-state index contributed by atoms with van der Waals surface area (Å²) < 4.78 is 0.728. The summed E-state index contributed by atoms with van der Waals surface area (Å²) in [6.45, 7) is 3.84. The molecule has 0 N–H and O–H groups in total. The van der Waals surface area contributed by atoms with Crippen LogP contribution in [-0.4, -0.2) is 15.0 Å². The second-order valence-electron chi connectivity index (χ2n) is 3.41. The van der Waals surface area contributed by atoms with E-state index in [2.05, 4.69) is 30.9 Å². The molecule has 0 atom stereocenters. The Morgan fingerprint density at radius 3 is 2.62 bits per heavy atom. The van der Waals surface area contributed by atoms with Crippen molar-refractivity contribution in [1.82, 2.24) is 15.0 Å². The maximum Gasteiger partial charge on any atom is 0.180 e. The third kappa shape index (κ3) is 2.08. The average molecular weight is 299 g/mol. The molecule has 2 aromatic rings. The van der Waals surface area contributed by atoms with Gasteiger partial charge in [0.25, 0.3) is 0 Å². The zero-order valence-electron chi connectivity index (χ0n) is 8.83. The van der Waals surface area contributed by atoms with Gasteiger partial charge in [-0.25, -0.2) is 9.97 Å². The first-order valence-electron chi connectivity index (χ1n) is 4.71. The molecule has 0 aliphatic carbocycles. The molecule has 2 rings (SSSR count). The molecule has 0 radical (unpaired) electrons. The Labute approximate surface area is 107 Å². The molecule has 2 aromatic heterocycles. The molecule has 0 fully saturated rings. The van der Waals surface area contributed by atoms with Crippen molar-refractivity contribution in [2.24, 2.45) is 0 Å². The van der Waals surface area contributed by atoms with Crippen LogP contribution < -0.4 is 0 Å². The van der Waals surface area contributed by atoms with Gasteiger partial charge >= 0.3 is 0 Å². The van der Waals surface area contributed by atoms with Crippen LogP contribution in [-0.2, 0) is 0 Å². The van der Waals surface area contributed by atoms with Crippen molar-refractivity contribution in [3.8, 4) is 11.5 Å². The summed E-state index contributed by atoms with van der Waals surface area (Å²) >= 11 is 9.32. The van der Waals surface area contributed by atoms with Crippen LogP contribution in [0, 0.1) is 13.8 Å². The number of aromatic nitrogens is 3. The van der Waals surface area contributed by atoms with E-state index in [0.29, 0.717) is 11.0 Å². The summed E-state index contributed by atoms with van der Waals surface area (Å²) in [5, 5.41) is 0.410. The first-order valence-corrected chi connectivity index (χ1v) is 5.88. The zero-order valence-corrected chi connectivity index (χ0v) is 11.2. The summed E-state index contributed by atoms with van der Waals surface area (Å²) in [5.41, 5.74) is 2.60. The molecule has 3 nitrogen and oxygen atoms in total. The van der Waals surface area contributed by atoms with E-state index in [-0.39, 0.29) is 0 Å². The molecule has 16 heavy (non-hydrogen) atoms. The fourth-order valence-electron chi connectivity index (χ4n) is 1.35. The maximum atomic E-state index is 6.00. The zero-order chi connectivity index (χ0) is 11.7. The van der Waals surface area contributed by atoms with Gasteiger partial charge in [-0.05, 0) is 41.4 Å². The molecular weight excluding hydrogens is 289 g/mol. The number of hydrogen-bond donors (Lipinski definition) is 0. The number of hydrogen-bond acceptors (Lipinski definition) is 3. The molecule has 0 amide bonds. The maximum absolute atomic E-state index is 6.00. The Morgan fingerprint density at radius 2 is 2.00 bits per heavy atom. The third-order valence-electron chi connectivity index (χ3n) is 2.20. The molecule has 0 unspecified atom stereocenters. The lowest BCUT2D eigenvalue weighted by molar-refractivity contribution is 1.07. The average Bonchev–Trinajstić information content (AvgIpc) is 2.26. The largest absolute Gasteiger partial charge is 0.253 e. The van der Waals surface area contributed by atoms with Gasteiger partial charge in [-0.2, -0.15) is 0 Å². The molecule has 0 aromatic carbocycles. The first kappa shape index (κ1) is 11.5. The fraction of sp³-hybridized carbons (Fsp3) is 0.182. The lowest BCUT2D eigenvalue weighted by atomic mass is 10.2. The fourth-order valence-corrected chi connectivity index (χ4v) is 1.74. The highest BCUT2D eigenvalue weighted by atomic mass is 79.9. The molecule has 0 bridgehead atoms. The lowest BCUT2D eigenvalue weighted by Crippen LogP contribution is -1.97. The second-order valence-corrected chi connectivity index (χ2v) is 4.56. The van der Waals surface area contributed by atoms with Crippen molar-refractivity contribution in [3.05, 3.63) is 39.2 Å². The van der Waals surface area contributed by atoms with Gasteiger partial charge in [0.1, 0.15) is 10.8 Å². The van der Waals surface area contributed by atoms with E-state index in [9.17, 15) is 0 Å². The van der Waals surface area contributed by atoms with E-state index >= 15 is 0 Å². The van der Waals surface area contributed by atoms with Crippen LogP contribution in [0.25, 0.3) is 11.5 Å². The summed E-state index contributed by atoms with van der Waals surface area (Å²) in [6, 6.07) is 3.85. The highest BCUT2D eigenvalue weighted by Gasteiger charge is 2.11. The van der Waals surface area contributed by atoms with Gasteiger partial charge in [0, 0.05) is 6.20 Å². The van der Waals surface area contributed by atoms with Gasteiger partial charge in [-0.1, -0.05) is 17.7 Å². The quantitative estimate of drug-likeness (QED) is 0.755. The van der Waals surface area contributed by atoms with E-state index in [1.165, 1.54) is 0 Å². The lowest BCUT2D eigenvalue weighted by Gasteiger charge is -2.06. The van der Waals surface area contributed by atoms with Crippen LogP contribution >= 0.6 is 27.5 Å². The van der Waals surface area contributed by atoms with Gasteiger partial charge in [0.05, 0.1) is 10.2 Å². The van der Waals surface area contributed by atoms with Gasteiger partial charge in [0.2, 0.25) is 0 Å². The molecule has 0 saturated heterocycles. The minimum Gasteiger partial charge on any atom is -0.253 e. The molecule has 82 valence electrons. The number of nitrogens with zero attached hydrogens (tertiary/aromatic N) is 3. The molecule has 0 aliphatic rings. The predicted molar refractivity (Wildman–Crippen MR) is 67.4 cm³/mol. The molecule has 5 heteroatoms. The Kier molecular flexibility index (Phi) is 3.21. The van der Waals surface area contributed by atoms with E-state index in [0.717, 1.165) is 21.4 Å². The minimum absolute atomic E-state index is 0.410. The second kappa shape index (κ2) is 4.47. The number of aryl methyl sites for hydroxylation is 2. The summed E-state index contributed by atoms with van der Waals surface area (Å²) in [7, 11) is 0. The Morgan fingerprint density at radius 1 is 1.25 bits per heavy atom. The predicted octanol–water partition coefficient (Wildman–Crippen LogP) is 3.57. The van der Waals surface area contributed by atoms with Gasteiger partial charge < -0.3 is 0 Å². The SMILES string of the molecule is Cc1cccnc1-c1nc(C)c(Br)c(Cl)n1. The first-order chi connectivity index (χ1) is 7.59. The van der Waals surface area contributed by atoms with E-state index in [4.69, 9.17) is 11.6 Å². The van der Waals surface area contributed by atoms with Crippen LogP contribution in [0.4, 0.5) is 0 Å². The summed E-state index contributed by atoms with van der Waals surface area (Å²) in [6.07, 6.45) is 1.72. The number of pyridine rings is 1. The van der Waals surface area contributed by atoms with Crippen LogP contribution in [0.3, 0.4) is 0 Å². The van der Waals surface area contributed by atoms with Crippen molar-refractivity contribution >= 4 is 27.5 Å². The normalized spacial score (nSPS) is 10.5. The van der Waals surface area contributed by atoms with Crippen molar-refractivity contribution in [2.75, 3.05) is 0 Å². The van der Waals surface area contributed by atoms with Crippen LogP contribution in [0.1, 0.15) is 11.3 Å². The Hall–Kier alpha value is -1.000. The standard InChI is InChI=1S/C11H9BrClN3/c1-6-4-3-5-14-9(6)11-15-7(2)8(12)10(13)16-11/h3-5H,1-2H3. The highest BCUT2D eigenvalue weighted by molar-refractivity contribution is 9.10. The van der Waals surface area contributed by atoms with E-state index < -0.39 is 0 Å². The molecular formula is C11H9BrClN3. The van der Waals surface area contributed by atoms with Crippen molar-refractivity contribution in [3.63, 3.8) is 0 Å². The minimum atomic E-state index is 0.410. The monoisotopic (exact) mass is 297 g/mol. The Balaban J connectivity index is 2.62. The number of halogens is 2. The highest BCUT2D eigenvalue weighted by Crippen LogP contribution is 2.26. The third-order valence-corrected chi connectivity index (χ3v) is 3.65. The topological polar surface area (TPSA) is 38.7 Å². The smallest absolute Gasteiger partial charge is 0.180 e. The summed E-state index contributed by atoms with van der Waals surface area (Å²) in [4.78, 5) is 12.8. The van der Waals surface area contributed by atoms with E-state index in [1.54, 1.807) is 6.20 Å². The van der Waals surface area contributed by atoms with Crippen LogP contribution in [0.2, 0.25) is 5.15 Å². The van der Waals surface area contributed by atoms with Gasteiger partial charge in [-0.15, -0.1) is 0 Å². The molecule has 0 aliphatic heterocycles. The van der Waals surface area contributed by atoms with Crippen molar-refractivity contribution in [2.45, 2.75) is 13.8 Å². The summed E-state index contributed by atoms with van der Waals surface area (Å²) in [5.74, 6) is 0.559. The van der Waals surface area contributed by atoms with E-state index in [1.807, 2.05) is 26.0 Å². The van der Waals surface area contributed by atoms with Crippen molar-refractivity contribution < 1.29 is 0 Å². The van der Waals surface area contributed by atoms with Crippen molar-refractivity contribution in [1.29, 1.82) is 0 Å². The molecule has 2 heterocycles.